The molecule has 0 atom stereocenters. The molecule has 0 aliphatic rings. The Kier molecular flexibility index (Phi) is 7.88. The standard InChI is InChI=1S/C18H19ClN2O5S2/c1-21(2)28(24,25)14-8-9-15(19)16(10-14)20-17(22)11-26-18(23)12-27-13-6-4-3-5-7-13/h3-10H,11-12H2,1-2H3,(H,20,22). The lowest BCUT2D eigenvalue weighted by molar-refractivity contribution is -0.144. The molecule has 2 rings (SSSR count). The third-order valence-electron chi connectivity index (χ3n) is 3.45. The van der Waals surface area contributed by atoms with Crippen molar-refractivity contribution in [2.45, 2.75) is 9.79 Å². The normalized spacial score (nSPS) is 11.3. The fourth-order valence-corrected chi connectivity index (χ4v) is 3.82. The van der Waals surface area contributed by atoms with E-state index in [0.29, 0.717) is 0 Å². The number of hydrogen-bond acceptors (Lipinski definition) is 6. The molecule has 0 fully saturated rings. The van der Waals surface area contributed by atoms with Crippen LogP contribution in [0.5, 0.6) is 0 Å². The van der Waals surface area contributed by atoms with Crippen LogP contribution in [-0.2, 0) is 24.3 Å². The molecule has 1 N–H and O–H groups in total. The van der Waals surface area contributed by atoms with Crippen LogP contribution in [0.4, 0.5) is 5.69 Å². The lowest BCUT2D eigenvalue weighted by atomic mass is 10.3. The average Bonchev–Trinajstić information content (AvgIpc) is 2.67. The van der Waals surface area contributed by atoms with E-state index >= 15 is 0 Å². The monoisotopic (exact) mass is 442 g/mol. The number of carbonyl (C=O) groups excluding carboxylic acids is 2. The number of anilines is 1. The van der Waals surface area contributed by atoms with E-state index in [1.807, 2.05) is 30.3 Å². The van der Waals surface area contributed by atoms with Crippen molar-refractivity contribution in [3.8, 4) is 0 Å². The number of nitrogens with zero attached hydrogens (tertiary/aromatic N) is 1. The molecular formula is C18H19ClN2O5S2. The van der Waals surface area contributed by atoms with Crippen LogP contribution in [0.25, 0.3) is 0 Å². The Morgan fingerprint density at radius 3 is 2.46 bits per heavy atom. The molecule has 0 saturated carbocycles. The van der Waals surface area contributed by atoms with Crippen LogP contribution in [0.1, 0.15) is 0 Å². The van der Waals surface area contributed by atoms with Crippen molar-refractivity contribution in [3.05, 3.63) is 53.6 Å². The van der Waals surface area contributed by atoms with Crippen molar-refractivity contribution in [2.75, 3.05) is 31.8 Å². The van der Waals surface area contributed by atoms with Gasteiger partial charge in [0.25, 0.3) is 5.91 Å². The van der Waals surface area contributed by atoms with Gasteiger partial charge in [0, 0.05) is 19.0 Å². The van der Waals surface area contributed by atoms with Gasteiger partial charge in [-0.15, -0.1) is 11.8 Å². The summed E-state index contributed by atoms with van der Waals surface area (Å²) in [7, 11) is -0.880. The van der Waals surface area contributed by atoms with Crippen LogP contribution in [0.3, 0.4) is 0 Å². The molecule has 28 heavy (non-hydrogen) atoms. The van der Waals surface area contributed by atoms with Gasteiger partial charge in [-0.05, 0) is 30.3 Å². The van der Waals surface area contributed by atoms with E-state index in [0.717, 1.165) is 9.20 Å². The molecule has 0 bridgehead atoms. The lowest BCUT2D eigenvalue weighted by Crippen LogP contribution is -2.23. The highest BCUT2D eigenvalue weighted by Gasteiger charge is 2.19. The first-order valence-corrected chi connectivity index (χ1v) is 10.9. The van der Waals surface area contributed by atoms with Gasteiger partial charge in [-0.2, -0.15) is 0 Å². The zero-order valence-electron chi connectivity index (χ0n) is 15.2. The Morgan fingerprint density at radius 2 is 1.82 bits per heavy atom. The SMILES string of the molecule is CN(C)S(=O)(=O)c1ccc(Cl)c(NC(=O)COC(=O)CSc2ccccc2)c1. The maximum atomic E-state index is 12.2. The Morgan fingerprint density at radius 1 is 1.14 bits per heavy atom. The van der Waals surface area contributed by atoms with Crippen molar-refractivity contribution in [3.63, 3.8) is 0 Å². The zero-order valence-corrected chi connectivity index (χ0v) is 17.6. The number of ether oxygens (including phenoxy) is 1. The van der Waals surface area contributed by atoms with E-state index in [1.54, 1.807) is 0 Å². The van der Waals surface area contributed by atoms with Gasteiger partial charge >= 0.3 is 5.97 Å². The van der Waals surface area contributed by atoms with E-state index in [4.69, 9.17) is 16.3 Å². The number of carbonyl (C=O) groups is 2. The van der Waals surface area contributed by atoms with E-state index in [-0.39, 0.29) is 21.4 Å². The summed E-state index contributed by atoms with van der Waals surface area (Å²) >= 11 is 7.31. The van der Waals surface area contributed by atoms with Gasteiger partial charge in [0.15, 0.2) is 6.61 Å². The molecule has 0 aliphatic carbocycles. The molecule has 150 valence electrons. The molecule has 0 aliphatic heterocycles. The fraction of sp³-hybridized carbons (Fsp3) is 0.222. The van der Waals surface area contributed by atoms with Gasteiger partial charge < -0.3 is 10.1 Å². The molecular weight excluding hydrogens is 424 g/mol. The number of amides is 1. The minimum Gasteiger partial charge on any atom is -0.455 e. The number of hydrogen-bond donors (Lipinski definition) is 1. The fourth-order valence-electron chi connectivity index (χ4n) is 2.00. The molecule has 0 saturated heterocycles. The Bertz CT molecular complexity index is 950. The first-order chi connectivity index (χ1) is 13.2. The maximum absolute atomic E-state index is 12.2. The highest BCUT2D eigenvalue weighted by Crippen LogP contribution is 2.26. The number of esters is 1. The van der Waals surface area contributed by atoms with Crippen molar-refractivity contribution in [2.24, 2.45) is 0 Å². The van der Waals surface area contributed by atoms with Gasteiger partial charge in [0.2, 0.25) is 10.0 Å². The molecule has 2 aromatic rings. The Hall–Kier alpha value is -2.07. The minimum atomic E-state index is -3.68. The number of nitrogens with one attached hydrogen (secondary N) is 1. The first-order valence-electron chi connectivity index (χ1n) is 8.05. The Balaban J connectivity index is 1.91. The molecule has 0 unspecified atom stereocenters. The van der Waals surface area contributed by atoms with Crippen molar-refractivity contribution in [1.82, 2.24) is 4.31 Å². The van der Waals surface area contributed by atoms with E-state index < -0.39 is 28.5 Å². The van der Waals surface area contributed by atoms with Gasteiger partial charge in [0.05, 0.1) is 21.4 Å². The van der Waals surface area contributed by atoms with E-state index in [2.05, 4.69) is 5.32 Å². The maximum Gasteiger partial charge on any atom is 0.316 e. The summed E-state index contributed by atoms with van der Waals surface area (Å²) in [5.74, 6) is -1.10. The molecule has 0 heterocycles. The predicted molar refractivity (Wildman–Crippen MR) is 109 cm³/mol. The van der Waals surface area contributed by atoms with Crippen LogP contribution in [0.15, 0.2) is 58.3 Å². The minimum absolute atomic E-state index is 0.0199. The van der Waals surface area contributed by atoms with Gasteiger partial charge in [-0.1, -0.05) is 29.8 Å². The van der Waals surface area contributed by atoms with Gasteiger partial charge in [-0.25, -0.2) is 12.7 Å². The number of benzene rings is 2. The first kappa shape index (κ1) is 22.2. The third kappa shape index (κ3) is 6.23. The summed E-state index contributed by atoms with van der Waals surface area (Å²) < 4.78 is 30.3. The lowest BCUT2D eigenvalue weighted by Gasteiger charge is -2.14. The zero-order chi connectivity index (χ0) is 20.7. The molecule has 10 heteroatoms. The second-order valence-electron chi connectivity index (χ2n) is 5.74. The van der Waals surface area contributed by atoms with E-state index in [9.17, 15) is 18.0 Å². The van der Waals surface area contributed by atoms with Gasteiger partial charge in [-0.3, -0.25) is 9.59 Å². The second-order valence-corrected chi connectivity index (χ2v) is 9.35. The number of halogens is 1. The molecule has 0 aromatic heterocycles. The average molecular weight is 443 g/mol. The number of rotatable bonds is 8. The van der Waals surface area contributed by atoms with Crippen LogP contribution in [0, 0.1) is 0 Å². The predicted octanol–water partition coefficient (Wildman–Crippen LogP) is 2.86. The van der Waals surface area contributed by atoms with E-state index in [1.165, 1.54) is 44.1 Å². The molecule has 7 nitrogen and oxygen atoms in total. The molecule has 0 radical (unpaired) electrons. The summed E-state index contributed by atoms with van der Waals surface area (Å²) in [5, 5.41) is 2.62. The number of thioether (sulfide) groups is 1. The highest BCUT2D eigenvalue weighted by atomic mass is 35.5. The van der Waals surface area contributed by atoms with Crippen molar-refractivity contribution < 1.29 is 22.7 Å². The van der Waals surface area contributed by atoms with Crippen molar-refractivity contribution >= 4 is 50.9 Å². The summed E-state index contributed by atoms with van der Waals surface area (Å²) in [6.45, 7) is -0.505. The summed E-state index contributed by atoms with van der Waals surface area (Å²) in [6, 6.07) is 13.3. The van der Waals surface area contributed by atoms with Crippen LogP contribution < -0.4 is 5.32 Å². The van der Waals surface area contributed by atoms with Crippen LogP contribution >= 0.6 is 23.4 Å². The molecule has 2 aromatic carbocycles. The molecule has 1 amide bonds. The van der Waals surface area contributed by atoms with Crippen molar-refractivity contribution in [1.29, 1.82) is 0 Å². The molecule has 0 spiro atoms. The highest BCUT2D eigenvalue weighted by molar-refractivity contribution is 8.00. The summed E-state index contributed by atoms with van der Waals surface area (Å²) in [4.78, 5) is 24.7. The third-order valence-corrected chi connectivity index (χ3v) is 6.58. The largest absolute Gasteiger partial charge is 0.455 e. The summed E-state index contributed by atoms with van der Waals surface area (Å²) in [5.41, 5.74) is 0.115. The van der Waals surface area contributed by atoms with Crippen LogP contribution in [-0.4, -0.2) is 51.1 Å². The Labute approximate surface area is 173 Å². The summed E-state index contributed by atoms with van der Waals surface area (Å²) in [6.07, 6.45) is 0. The smallest absolute Gasteiger partial charge is 0.316 e. The van der Waals surface area contributed by atoms with Crippen LogP contribution in [0.2, 0.25) is 5.02 Å². The quantitative estimate of drug-likeness (QED) is 0.499. The van der Waals surface area contributed by atoms with Gasteiger partial charge in [0.1, 0.15) is 0 Å². The number of sulfonamides is 1. The second kappa shape index (κ2) is 9.92. The topological polar surface area (TPSA) is 92.8 Å².